The molecule has 1 saturated heterocycles. The minimum Gasteiger partial charge on any atom is -0.395 e. The van der Waals surface area contributed by atoms with E-state index in [9.17, 15) is 5.11 Å². The molecule has 0 amide bonds. The lowest BCUT2D eigenvalue weighted by Gasteiger charge is -2.38. The van der Waals surface area contributed by atoms with E-state index in [1.165, 1.54) is 29.3 Å². The van der Waals surface area contributed by atoms with Crippen LogP contribution in [0.2, 0.25) is 0 Å². The molecule has 0 bridgehead atoms. The van der Waals surface area contributed by atoms with Crippen LogP contribution in [0.5, 0.6) is 0 Å². The maximum absolute atomic E-state index is 9.44. The Hall–Kier alpha value is -1.42. The second kappa shape index (κ2) is 8.61. The van der Waals surface area contributed by atoms with E-state index in [-0.39, 0.29) is 6.61 Å². The van der Waals surface area contributed by atoms with Crippen LogP contribution in [-0.4, -0.2) is 60.3 Å². The van der Waals surface area contributed by atoms with Gasteiger partial charge in [-0.3, -0.25) is 4.90 Å². The lowest BCUT2D eigenvalue weighted by Crippen LogP contribution is -2.51. The van der Waals surface area contributed by atoms with Gasteiger partial charge in [-0.05, 0) is 42.1 Å². The van der Waals surface area contributed by atoms with Crippen LogP contribution in [0.3, 0.4) is 0 Å². The summed E-state index contributed by atoms with van der Waals surface area (Å²) in [5, 5.41) is 12.2. The Kier molecular flexibility index (Phi) is 6.24. The molecule has 0 aliphatic carbocycles. The highest BCUT2D eigenvalue weighted by molar-refractivity contribution is 5.85. The highest BCUT2D eigenvalue weighted by Crippen LogP contribution is 2.20. The van der Waals surface area contributed by atoms with E-state index in [1.807, 2.05) is 0 Å². The van der Waals surface area contributed by atoms with Crippen molar-refractivity contribution in [2.24, 2.45) is 0 Å². The average molecular weight is 326 g/mol. The Labute approximate surface area is 145 Å². The van der Waals surface area contributed by atoms with Gasteiger partial charge in [0.25, 0.3) is 0 Å². The van der Waals surface area contributed by atoms with Gasteiger partial charge in [-0.1, -0.05) is 49.4 Å². The van der Waals surface area contributed by atoms with Crippen LogP contribution < -0.4 is 0 Å². The quantitative estimate of drug-likeness (QED) is 0.847. The van der Waals surface area contributed by atoms with E-state index in [1.54, 1.807) is 0 Å². The summed E-state index contributed by atoms with van der Waals surface area (Å²) in [6, 6.07) is 15.7. The summed E-state index contributed by atoms with van der Waals surface area (Å²) in [4.78, 5) is 5.02. The van der Waals surface area contributed by atoms with Gasteiger partial charge < -0.3 is 10.0 Å². The molecule has 130 valence electrons. The lowest BCUT2D eigenvalue weighted by molar-refractivity contribution is 0.0633. The topological polar surface area (TPSA) is 26.7 Å². The molecule has 3 rings (SSSR count). The van der Waals surface area contributed by atoms with E-state index < -0.39 is 0 Å². The molecule has 24 heavy (non-hydrogen) atoms. The zero-order valence-corrected chi connectivity index (χ0v) is 14.8. The zero-order chi connectivity index (χ0) is 16.8. The smallest absolute Gasteiger partial charge is 0.0586 e. The molecule has 1 N–H and O–H groups in total. The summed E-state index contributed by atoms with van der Waals surface area (Å²) >= 11 is 0. The first-order valence-corrected chi connectivity index (χ1v) is 9.35. The molecule has 2 aromatic carbocycles. The standard InChI is InChI=1S/C21H30N2O/c1-2-20(17-24)23-15-13-22(14-16-23)12-6-10-19-9-5-8-18-7-3-4-11-21(18)19/h3-5,7-9,11,20,24H,2,6,10,12-17H2,1H3. The molecule has 1 aliphatic heterocycles. The third-order valence-electron chi connectivity index (χ3n) is 5.41. The second-order valence-electron chi connectivity index (χ2n) is 6.86. The van der Waals surface area contributed by atoms with Crippen LogP contribution >= 0.6 is 0 Å². The number of hydrogen-bond donors (Lipinski definition) is 1. The van der Waals surface area contributed by atoms with Gasteiger partial charge in [-0.25, -0.2) is 0 Å². The van der Waals surface area contributed by atoms with Crippen molar-refractivity contribution in [3.8, 4) is 0 Å². The van der Waals surface area contributed by atoms with Crippen LogP contribution in [0, 0.1) is 0 Å². The number of aliphatic hydroxyl groups is 1. The third kappa shape index (κ3) is 4.15. The first-order chi connectivity index (χ1) is 11.8. The highest BCUT2D eigenvalue weighted by Gasteiger charge is 2.21. The molecular formula is C21H30N2O. The predicted octanol–water partition coefficient (Wildman–Crippen LogP) is 3.16. The van der Waals surface area contributed by atoms with E-state index in [0.29, 0.717) is 6.04 Å². The molecule has 1 fully saturated rings. The monoisotopic (exact) mass is 326 g/mol. The fourth-order valence-electron chi connectivity index (χ4n) is 3.86. The Morgan fingerprint density at radius 1 is 1.00 bits per heavy atom. The van der Waals surface area contributed by atoms with Crippen molar-refractivity contribution in [2.75, 3.05) is 39.3 Å². The number of benzene rings is 2. The van der Waals surface area contributed by atoms with Gasteiger partial charge >= 0.3 is 0 Å². The van der Waals surface area contributed by atoms with Crippen molar-refractivity contribution in [3.63, 3.8) is 0 Å². The zero-order valence-electron chi connectivity index (χ0n) is 14.8. The van der Waals surface area contributed by atoms with Crippen molar-refractivity contribution < 1.29 is 5.11 Å². The summed E-state index contributed by atoms with van der Waals surface area (Å²) < 4.78 is 0. The van der Waals surface area contributed by atoms with Crippen molar-refractivity contribution in [1.82, 2.24) is 9.80 Å². The van der Waals surface area contributed by atoms with Gasteiger partial charge in [0, 0.05) is 32.2 Å². The van der Waals surface area contributed by atoms with Crippen molar-refractivity contribution in [1.29, 1.82) is 0 Å². The van der Waals surface area contributed by atoms with E-state index in [0.717, 1.165) is 39.0 Å². The van der Waals surface area contributed by atoms with Crippen molar-refractivity contribution >= 4 is 10.8 Å². The molecule has 1 atom stereocenters. The summed E-state index contributed by atoms with van der Waals surface area (Å²) in [5.41, 5.74) is 1.47. The van der Waals surface area contributed by atoms with Gasteiger partial charge in [0.05, 0.1) is 6.61 Å². The molecular weight excluding hydrogens is 296 g/mol. The minimum atomic E-state index is 0.289. The van der Waals surface area contributed by atoms with Gasteiger partial charge in [-0.15, -0.1) is 0 Å². The Bertz CT molecular complexity index is 625. The molecule has 1 aliphatic rings. The molecule has 0 spiro atoms. The first kappa shape index (κ1) is 17.4. The van der Waals surface area contributed by atoms with Gasteiger partial charge in [0.15, 0.2) is 0 Å². The van der Waals surface area contributed by atoms with Crippen LogP contribution in [-0.2, 0) is 6.42 Å². The molecule has 1 heterocycles. The van der Waals surface area contributed by atoms with E-state index >= 15 is 0 Å². The van der Waals surface area contributed by atoms with Crippen molar-refractivity contribution in [3.05, 3.63) is 48.0 Å². The number of rotatable bonds is 7. The molecule has 2 aromatic rings. The summed E-state index contributed by atoms with van der Waals surface area (Å²) in [6.45, 7) is 8.07. The first-order valence-electron chi connectivity index (χ1n) is 9.35. The Morgan fingerprint density at radius 3 is 2.50 bits per heavy atom. The fourth-order valence-corrected chi connectivity index (χ4v) is 3.86. The number of piperazine rings is 1. The van der Waals surface area contributed by atoms with Crippen LogP contribution in [0.1, 0.15) is 25.3 Å². The van der Waals surface area contributed by atoms with Crippen LogP contribution in [0.15, 0.2) is 42.5 Å². The number of nitrogens with zero attached hydrogens (tertiary/aromatic N) is 2. The number of aryl methyl sites for hydroxylation is 1. The summed E-state index contributed by atoms with van der Waals surface area (Å²) in [6.07, 6.45) is 3.40. The van der Waals surface area contributed by atoms with Crippen molar-refractivity contribution in [2.45, 2.75) is 32.2 Å². The maximum atomic E-state index is 9.44. The molecule has 0 radical (unpaired) electrons. The summed E-state index contributed by atoms with van der Waals surface area (Å²) in [7, 11) is 0. The van der Waals surface area contributed by atoms with Gasteiger partial charge in [0.1, 0.15) is 0 Å². The number of aliphatic hydroxyl groups excluding tert-OH is 1. The van der Waals surface area contributed by atoms with E-state index in [2.05, 4.69) is 59.2 Å². The average Bonchev–Trinajstić information content (AvgIpc) is 2.64. The SMILES string of the molecule is CCC(CO)N1CCN(CCCc2cccc3ccccc23)CC1. The largest absolute Gasteiger partial charge is 0.395 e. The Morgan fingerprint density at radius 2 is 1.75 bits per heavy atom. The normalized spacial score (nSPS) is 18.1. The molecule has 3 nitrogen and oxygen atoms in total. The lowest BCUT2D eigenvalue weighted by atomic mass is 10.0. The van der Waals surface area contributed by atoms with Crippen LogP contribution in [0.4, 0.5) is 0 Å². The predicted molar refractivity (Wildman–Crippen MR) is 101 cm³/mol. The van der Waals surface area contributed by atoms with Gasteiger partial charge in [-0.2, -0.15) is 0 Å². The molecule has 0 saturated carbocycles. The number of hydrogen-bond acceptors (Lipinski definition) is 3. The second-order valence-corrected chi connectivity index (χ2v) is 6.86. The fraction of sp³-hybridized carbons (Fsp3) is 0.524. The molecule has 0 aromatic heterocycles. The van der Waals surface area contributed by atoms with Crippen LogP contribution in [0.25, 0.3) is 10.8 Å². The maximum Gasteiger partial charge on any atom is 0.0586 e. The van der Waals surface area contributed by atoms with Gasteiger partial charge in [0.2, 0.25) is 0 Å². The Balaban J connectivity index is 1.47. The molecule has 1 unspecified atom stereocenters. The minimum absolute atomic E-state index is 0.289. The number of fused-ring (bicyclic) bond motifs is 1. The molecule has 3 heteroatoms. The third-order valence-corrected chi connectivity index (χ3v) is 5.41. The summed E-state index contributed by atoms with van der Waals surface area (Å²) in [5.74, 6) is 0. The van der Waals surface area contributed by atoms with E-state index in [4.69, 9.17) is 0 Å². The highest BCUT2D eigenvalue weighted by atomic mass is 16.3.